The maximum atomic E-state index is 13.7. The Morgan fingerprint density at radius 1 is 0.566 bits per heavy atom. The summed E-state index contributed by atoms with van der Waals surface area (Å²) >= 11 is 0. The average Bonchev–Trinajstić information content (AvgIpc) is 4.01. The number of aromatic nitrogens is 5. The van der Waals surface area contributed by atoms with Gasteiger partial charge in [-0.2, -0.15) is 0 Å². The van der Waals surface area contributed by atoms with Crippen LogP contribution in [-0.2, 0) is 16.3 Å². The molecule has 0 amide bonds. The molecule has 0 spiro atoms. The first-order valence-electron chi connectivity index (χ1n) is 17.2. The van der Waals surface area contributed by atoms with Crippen molar-refractivity contribution in [3.05, 3.63) is 202 Å². The van der Waals surface area contributed by atoms with E-state index < -0.39 is 5.97 Å². The molecule has 5 aromatic heterocycles. The topological polar surface area (TPSA) is 108 Å². The van der Waals surface area contributed by atoms with Crippen LogP contribution < -0.4 is 10.7 Å². The zero-order valence-electron chi connectivity index (χ0n) is 28.5. The van der Waals surface area contributed by atoms with Crippen molar-refractivity contribution in [3.8, 4) is 0 Å². The number of quaternary nitrogens is 1. The van der Waals surface area contributed by atoms with Gasteiger partial charge in [-0.05, 0) is 89.6 Å². The van der Waals surface area contributed by atoms with Gasteiger partial charge in [-0.1, -0.05) is 24.3 Å². The normalized spacial score (nSPS) is 19.6. The van der Waals surface area contributed by atoms with Gasteiger partial charge in [0, 0.05) is 55.0 Å². The molecule has 0 saturated carbocycles. The maximum Gasteiger partial charge on any atom is 0.364 e. The third kappa shape index (κ3) is 4.80. The average molecular weight is 690 g/mol. The highest BCUT2D eigenvalue weighted by Gasteiger charge is 2.52. The van der Waals surface area contributed by atoms with Crippen molar-refractivity contribution in [2.24, 2.45) is 9.98 Å². The third-order valence-corrected chi connectivity index (χ3v) is 9.80. The lowest BCUT2D eigenvalue weighted by atomic mass is 10.0. The van der Waals surface area contributed by atoms with E-state index in [0.29, 0.717) is 34.2 Å². The van der Waals surface area contributed by atoms with Crippen molar-refractivity contribution < 1.29 is 14.3 Å². The van der Waals surface area contributed by atoms with Gasteiger partial charge in [0.2, 0.25) is 6.67 Å². The highest BCUT2D eigenvalue weighted by molar-refractivity contribution is 6.31. The van der Waals surface area contributed by atoms with Gasteiger partial charge in [0.05, 0.1) is 67.4 Å². The zero-order chi connectivity index (χ0) is 35.5. The Labute approximate surface area is 303 Å². The van der Waals surface area contributed by atoms with Crippen LogP contribution in [0.1, 0.15) is 29.7 Å². The molecule has 10 heterocycles. The molecule has 252 valence electrons. The first kappa shape index (κ1) is 30.6. The number of rotatable bonds is 5. The van der Waals surface area contributed by atoms with Crippen molar-refractivity contribution in [2.75, 3.05) is 0 Å². The lowest BCUT2D eigenvalue weighted by Gasteiger charge is -2.36. The van der Waals surface area contributed by atoms with E-state index in [1.807, 2.05) is 109 Å². The number of fused-ring (bicyclic) bond motifs is 2. The van der Waals surface area contributed by atoms with Crippen LogP contribution in [0.3, 0.4) is 0 Å². The van der Waals surface area contributed by atoms with Crippen LogP contribution in [0.5, 0.6) is 0 Å². The lowest BCUT2D eigenvalue weighted by molar-refractivity contribution is -1.04. The summed E-state index contributed by atoms with van der Waals surface area (Å²) < 4.78 is 1.83. The first-order valence-corrected chi connectivity index (χ1v) is 17.2. The molecular weight excluding hydrogens is 661 g/mol. The van der Waals surface area contributed by atoms with Gasteiger partial charge in [0.15, 0.2) is 11.4 Å². The highest BCUT2D eigenvalue weighted by Crippen LogP contribution is 2.49. The molecule has 0 aliphatic carbocycles. The minimum atomic E-state index is -0.469. The molecule has 5 aliphatic rings. The van der Waals surface area contributed by atoms with Gasteiger partial charge in [0.1, 0.15) is 0 Å². The number of pyridine rings is 4. The van der Waals surface area contributed by atoms with Crippen LogP contribution in [0, 0.1) is 0 Å². The van der Waals surface area contributed by atoms with Crippen LogP contribution in [0.25, 0.3) is 22.3 Å². The van der Waals surface area contributed by atoms with Gasteiger partial charge in [-0.3, -0.25) is 29.3 Å². The van der Waals surface area contributed by atoms with Crippen molar-refractivity contribution in [1.82, 2.24) is 24.5 Å². The predicted molar refractivity (Wildman–Crippen MR) is 201 cm³/mol. The van der Waals surface area contributed by atoms with E-state index in [0.717, 1.165) is 55.8 Å². The van der Waals surface area contributed by atoms with Crippen LogP contribution in [-0.4, -0.2) is 46.5 Å². The van der Waals surface area contributed by atoms with Gasteiger partial charge in [0.25, 0.3) is 0 Å². The van der Waals surface area contributed by atoms with Crippen molar-refractivity contribution in [2.45, 2.75) is 13.6 Å². The molecule has 0 fully saturated rings. The predicted octanol–water partition coefficient (Wildman–Crippen LogP) is 5.37. The van der Waals surface area contributed by atoms with Gasteiger partial charge >= 0.3 is 5.97 Å². The summed E-state index contributed by atoms with van der Waals surface area (Å²) in [4.78, 5) is 50.4. The van der Waals surface area contributed by atoms with Crippen LogP contribution in [0.2, 0.25) is 0 Å². The largest absolute Gasteiger partial charge is 0.364 e. The SMILES string of the molecule is CC(=O)O[N+]12Cn3c4ccc3=C(c3ccccn3)C3=NC(=C(c5ccccn5)C1=CC=C2C(c1ccccn1)=C1C=CC(=N1)C=4c1ccccn1)C=C3. The summed E-state index contributed by atoms with van der Waals surface area (Å²) in [6, 6.07) is 27.5. The summed E-state index contributed by atoms with van der Waals surface area (Å²) in [5.41, 5.74) is 10.2. The van der Waals surface area contributed by atoms with E-state index in [1.54, 1.807) is 24.8 Å². The number of allylic oxidation sites excluding steroid dienone is 8. The van der Waals surface area contributed by atoms with E-state index in [2.05, 4.69) is 16.7 Å². The second-order valence-electron chi connectivity index (χ2n) is 12.9. The highest BCUT2D eigenvalue weighted by atomic mass is 16.7. The number of aliphatic imine (C=N–C) groups is 2. The first-order chi connectivity index (χ1) is 26.1. The molecule has 0 radical (unpaired) electrons. The summed E-state index contributed by atoms with van der Waals surface area (Å²) in [6.07, 6.45) is 19.2. The number of hydroxylamine groups is 3. The molecule has 0 saturated heterocycles. The fraction of sp³-hybridized carbons (Fsp3) is 0.0465. The molecule has 0 unspecified atom stereocenters. The Hall–Kier alpha value is -7.17. The third-order valence-electron chi connectivity index (χ3n) is 9.80. The Balaban J connectivity index is 1.44. The molecule has 10 rings (SSSR count). The van der Waals surface area contributed by atoms with Gasteiger partial charge < -0.3 is 0 Å². The Morgan fingerprint density at radius 3 is 1.36 bits per heavy atom. The molecule has 10 nitrogen and oxygen atoms in total. The maximum absolute atomic E-state index is 13.7. The molecule has 53 heavy (non-hydrogen) atoms. The number of carbonyl (C=O) groups is 1. The molecule has 6 bridgehead atoms. The quantitative estimate of drug-likeness (QED) is 0.230. The second kappa shape index (κ2) is 12.0. The Morgan fingerprint density at radius 2 is 0.981 bits per heavy atom. The van der Waals surface area contributed by atoms with Crippen LogP contribution in [0.4, 0.5) is 0 Å². The van der Waals surface area contributed by atoms with Crippen LogP contribution in [0.15, 0.2) is 179 Å². The summed E-state index contributed by atoms with van der Waals surface area (Å²) in [6.45, 7) is 1.58. The molecule has 5 aromatic rings. The number of hydrogen-bond acceptors (Lipinski definition) is 8. The van der Waals surface area contributed by atoms with E-state index in [-0.39, 0.29) is 11.3 Å². The van der Waals surface area contributed by atoms with Crippen LogP contribution >= 0.6 is 0 Å². The van der Waals surface area contributed by atoms with Gasteiger partial charge in [-0.15, -0.1) is 0 Å². The molecule has 10 heteroatoms. The van der Waals surface area contributed by atoms with Crippen molar-refractivity contribution >= 4 is 39.7 Å². The fourth-order valence-corrected chi connectivity index (χ4v) is 7.71. The summed E-state index contributed by atoms with van der Waals surface area (Å²) in [5.74, 6) is -0.469. The smallest absolute Gasteiger partial charge is 0.289 e. The van der Waals surface area contributed by atoms with E-state index in [1.165, 1.54) is 6.92 Å². The van der Waals surface area contributed by atoms with Crippen molar-refractivity contribution in [3.63, 3.8) is 0 Å². The molecule has 0 aromatic carbocycles. The standard InChI is InChI=1S/C43H29N8O2/c1-27(52)53-51-26-50-36-18-19-37(50)41(29-11-3-7-23-45-29)33-15-17-35(49-33)43(31-13-5-9-25-47-31)39(51)21-20-38(51)42(30-12-4-8-24-46-30)34-16-14-32(48-34)40(36)28-10-2-6-22-44-28/h2-25H,26H2,1H3/q+1. The number of carbonyl (C=O) groups excluding carboxylic acids is 1. The number of hydrogen-bond donors (Lipinski definition) is 0. The van der Waals surface area contributed by atoms with E-state index in [9.17, 15) is 4.79 Å². The lowest BCUT2D eigenvalue weighted by Crippen LogP contribution is -2.51. The minimum Gasteiger partial charge on any atom is -0.289 e. The minimum absolute atomic E-state index is 0.134. The molecule has 0 N–H and O–H groups in total. The summed E-state index contributed by atoms with van der Waals surface area (Å²) in [7, 11) is 0. The molecule has 0 atom stereocenters. The second-order valence-corrected chi connectivity index (χ2v) is 12.9. The molecular formula is C43H29N8O2+. The molecule has 5 aliphatic heterocycles. The monoisotopic (exact) mass is 689 g/mol. The fourth-order valence-electron chi connectivity index (χ4n) is 7.71. The number of nitrogens with zero attached hydrogens (tertiary/aromatic N) is 8. The Bertz CT molecular complexity index is 2590. The zero-order valence-corrected chi connectivity index (χ0v) is 28.5. The van der Waals surface area contributed by atoms with E-state index in [4.69, 9.17) is 34.8 Å². The van der Waals surface area contributed by atoms with Gasteiger partial charge in [-0.25, -0.2) is 14.8 Å². The van der Waals surface area contributed by atoms with Crippen molar-refractivity contribution in [1.29, 1.82) is 0 Å². The Kier molecular flexibility index (Phi) is 6.92. The summed E-state index contributed by atoms with van der Waals surface area (Å²) in [5, 5.41) is 1.67. The van der Waals surface area contributed by atoms with E-state index >= 15 is 0 Å².